The van der Waals surface area contributed by atoms with Gasteiger partial charge in [-0.2, -0.15) is 0 Å². The molecular weight excluding hydrogens is 288 g/mol. The summed E-state index contributed by atoms with van der Waals surface area (Å²) in [5.41, 5.74) is 7.55. The van der Waals surface area contributed by atoms with E-state index in [-0.39, 0.29) is 5.69 Å². The number of nitrogens with zero attached hydrogens (tertiary/aromatic N) is 1. The number of nitro benzene ring substituents is 1. The van der Waals surface area contributed by atoms with Gasteiger partial charge in [0.05, 0.1) is 12.0 Å². The van der Waals surface area contributed by atoms with Crippen LogP contribution in [0.15, 0.2) is 47.4 Å². The van der Waals surface area contributed by atoms with Crippen molar-refractivity contribution in [1.29, 1.82) is 0 Å². The number of nitrogens with two attached hydrogens (primary N) is 1. The highest BCUT2D eigenvalue weighted by Crippen LogP contribution is 2.31. The summed E-state index contributed by atoms with van der Waals surface area (Å²) in [5.74, 6) is 1.25. The molecule has 110 valence electrons. The van der Waals surface area contributed by atoms with Crippen LogP contribution in [0.2, 0.25) is 0 Å². The second kappa shape index (κ2) is 7.10. The first-order valence-corrected chi connectivity index (χ1v) is 7.35. The molecular formula is C15H16N2O3S. The Morgan fingerprint density at radius 3 is 2.76 bits per heavy atom. The van der Waals surface area contributed by atoms with Gasteiger partial charge in [0.15, 0.2) is 0 Å². The quantitative estimate of drug-likeness (QED) is 0.503. The van der Waals surface area contributed by atoms with Crippen LogP contribution in [0.4, 0.5) is 5.69 Å². The molecule has 0 amide bonds. The number of nitro groups is 1. The van der Waals surface area contributed by atoms with Gasteiger partial charge in [0.2, 0.25) is 0 Å². The van der Waals surface area contributed by atoms with Gasteiger partial charge >= 0.3 is 0 Å². The van der Waals surface area contributed by atoms with E-state index in [2.05, 4.69) is 0 Å². The van der Waals surface area contributed by atoms with E-state index in [1.807, 2.05) is 24.3 Å². The van der Waals surface area contributed by atoms with Crippen molar-refractivity contribution >= 4 is 17.4 Å². The fourth-order valence-electron chi connectivity index (χ4n) is 1.91. The highest BCUT2D eigenvalue weighted by atomic mass is 32.2. The molecule has 0 spiro atoms. The minimum atomic E-state index is -0.400. The van der Waals surface area contributed by atoms with E-state index in [4.69, 9.17) is 10.5 Å². The minimum absolute atomic E-state index is 0.0714. The van der Waals surface area contributed by atoms with Gasteiger partial charge in [0, 0.05) is 34.9 Å². The molecule has 21 heavy (non-hydrogen) atoms. The Morgan fingerprint density at radius 1 is 1.29 bits per heavy atom. The zero-order chi connectivity index (χ0) is 15.2. The normalized spacial score (nSPS) is 10.4. The Balaban J connectivity index is 2.17. The highest BCUT2D eigenvalue weighted by molar-refractivity contribution is 7.98. The van der Waals surface area contributed by atoms with Crippen LogP contribution in [0.5, 0.6) is 5.75 Å². The number of benzene rings is 2. The molecule has 0 heterocycles. The molecule has 0 aliphatic heterocycles. The maximum atomic E-state index is 10.9. The maximum Gasteiger partial charge on any atom is 0.270 e. The van der Waals surface area contributed by atoms with Gasteiger partial charge < -0.3 is 10.5 Å². The third kappa shape index (κ3) is 3.96. The SMILES string of the molecule is COc1ccc([N+](=O)[O-])cc1CSc1cccc(CN)c1. The van der Waals surface area contributed by atoms with E-state index in [0.717, 1.165) is 16.0 Å². The first-order valence-electron chi connectivity index (χ1n) is 6.37. The Bertz CT molecular complexity index is 647. The van der Waals surface area contributed by atoms with Crippen LogP contribution in [0.1, 0.15) is 11.1 Å². The van der Waals surface area contributed by atoms with Crippen LogP contribution in [-0.2, 0) is 12.3 Å². The topological polar surface area (TPSA) is 78.4 Å². The van der Waals surface area contributed by atoms with Crippen molar-refractivity contribution in [3.05, 3.63) is 63.7 Å². The Labute approximate surface area is 127 Å². The van der Waals surface area contributed by atoms with Gasteiger partial charge in [-0.05, 0) is 23.8 Å². The molecule has 5 nitrogen and oxygen atoms in total. The van der Waals surface area contributed by atoms with Crippen molar-refractivity contribution in [2.24, 2.45) is 5.73 Å². The van der Waals surface area contributed by atoms with E-state index < -0.39 is 4.92 Å². The van der Waals surface area contributed by atoms with E-state index in [1.165, 1.54) is 6.07 Å². The van der Waals surface area contributed by atoms with Gasteiger partial charge in [-0.3, -0.25) is 10.1 Å². The molecule has 0 unspecified atom stereocenters. The van der Waals surface area contributed by atoms with Crippen LogP contribution in [-0.4, -0.2) is 12.0 Å². The van der Waals surface area contributed by atoms with Crippen molar-refractivity contribution in [1.82, 2.24) is 0 Å². The summed E-state index contributed by atoms with van der Waals surface area (Å²) >= 11 is 1.59. The standard InChI is InChI=1S/C15H16N2O3S/c1-20-15-6-5-13(17(18)19)8-12(15)10-21-14-4-2-3-11(7-14)9-16/h2-8H,9-10,16H2,1H3. The largest absolute Gasteiger partial charge is 0.496 e. The Kier molecular flexibility index (Phi) is 5.19. The van der Waals surface area contributed by atoms with Crippen molar-refractivity contribution in [3.63, 3.8) is 0 Å². The third-order valence-electron chi connectivity index (χ3n) is 3.00. The average molecular weight is 304 g/mol. The summed E-state index contributed by atoms with van der Waals surface area (Å²) in [6.45, 7) is 0.495. The average Bonchev–Trinajstić information content (AvgIpc) is 2.52. The van der Waals surface area contributed by atoms with Gasteiger partial charge in [0.25, 0.3) is 5.69 Å². The molecule has 0 saturated heterocycles. The number of rotatable bonds is 6. The number of thioether (sulfide) groups is 1. The molecule has 0 aromatic heterocycles. The number of hydrogen-bond donors (Lipinski definition) is 1. The molecule has 0 fully saturated rings. The van der Waals surface area contributed by atoms with Gasteiger partial charge in [0.1, 0.15) is 5.75 Å². The Morgan fingerprint density at radius 2 is 2.10 bits per heavy atom. The second-order valence-electron chi connectivity index (χ2n) is 4.39. The maximum absolute atomic E-state index is 10.9. The van der Waals surface area contributed by atoms with Crippen molar-refractivity contribution in [2.45, 2.75) is 17.2 Å². The summed E-state index contributed by atoms with van der Waals surface area (Å²) in [5, 5.41) is 10.9. The lowest BCUT2D eigenvalue weighted by Crippen LogP contribution is -1.96. The molecule has 2 rings (SSSR count). The monoisotopic (exact) mass is 304 g/mol. The first-order chi connectivity index (χ1) is 10.1. The number of ether oxygens (including phenoxy) is 1. The third-order valence-corrected chi connectivity index (χ3v) is 4.05. The molecule has 2 N–H and O–H groups in total. The van der Waals surface area contributed by atoms with Gasteiger partial charge in [-0.15, -0.1) is 11.8 Å². The van der Waals surface area contributed by atoms with Gasteiger partial charge in [-0.25, -0.2) is 0 Å². The molecule has 0 aliphatic rings. The number of methoxy groups -OCH3 is 1. The number of hydrogen-bond acceptors (Lipinski definition) is 5. The van der Waals surface area contributed by atoms with Crippen molar-refractivity contribution < 1.29 is 9.66 Å². The fourth-order valence-corrected chi connectivity index (χ4v) is 2.87. The summed E-state index contributed by atoms with van der Waals surface area (Å²) < 4.78 is 5.26. The molecule has 0 atom stereocenters. The van der Waals surface area contributed by atoms with E-state index in [9.17, 15) is 10.1 Å². The number of non-ortho nitro benzene ring substituents is 1. The lowest BCUT2D eigenvalue weighted by atomic mass is 10.2. The molecule has 0 radical (unpaired) electrons. The zero-order valence-electron chi connectivity index (χ0n) is 11.6. The molecule has 2 aromatic rings. The molecule has 0 aliphatic carbocycles. The van der Waals surface area contributed by atoms with Crippen LogP contribution in [0.3, 0.4) is 0 Å². The van der Waals surface area contributed by atoms with Crippen LogP contribution in [0, 0.1) is 10.1 Å². The van der Waals surface area contributed by atoms with E-state index in [1.54, 1.807) is 31.0 Å². The predicted molar refractivity (Wildman–Crippen MR) is 83.5 cm³/mol. The smallest absolute Gasteiger partial charge is 0.270 e. The molecule has 0 saturated carbocycles. The summed E-state index contributed by atoms with van der Waals surface area (Å²) in [6.07, 6.45) is 0. The Hall–Kier alpha value is -2.05. The predicted octanol–water partition coefficient (Wildman–Crippen LogP) is 3.35. The van der Waals surface area contributed by atoms with Crippen LogP contribution >= 0.6 is 11.8 Å². The summed E-state index contributed by atoms with van der Waals surface area (Å²) in [4.78, 5) is 11.5. The first kappa shape index (κ1) is 15.3. The second-order valence-corrected chi connectivity index (χ2v) is 5.44. The minimum Gasteiger partial charge on any atom is -0.496 e. The fraction of sp³-hybridized carbons (Fsp3) is 0.200. The van der Waals surface area contributed by atoms with Crippen LogP contribution in [0.25, 0.3) is 0 Å². The summed E-state index contributed by atoms with van der Waals surface area (Å²) in [7, 11) is 1.56. The van der Waals surface area contributed by atoms with Crippen LogP contribution < -0.4 is 10.5 Å². The van der Waals surface area contributed by atoms with Crippen molar-refractivity contribution in [3.8, 4) is 5.75 Å². The summed E-state index contributed by atoms with van der Waals surface area (Å²) in [6, 6.07) is 12.6. The van der Waals surface area contributed by atoms with E-state index >= 15 is 0 Å². The lowest BCUT2D eigenvalue weighted by Gasteiger charge is -2.08. The van der Waals surface area contributed by atoms with Gasteiger partial charge in [-0.1, -0.05) is 12.1 Å². The lowest BCUT2D eigenvalue weighted by molar-refractivity contribution is -0.384. The van der Waals surface area contributed by atoms with E-state index in [0.29, 0.717) is 18.0 Å². The molecule has 0 bridgehead atoms. The molecule has 6 heteroatoms. The highest BCUT2D eigenvalue weighted by Gasteiger charge is 2.11. The van der Waals surface area contributed by atoms with Crippen molar-refractivity contribution in [2.75, 3.05) is 7.11 Å². The zero-order valence-corrected chi connectivity index (χ0v) is 12.4. The molecule has 2 aromatic carbocycles.